The molecule has 2 unspecified atom stereocenters. The minimum Gasteiger partial charge on any atom is -0.468 e. The number of hydrogen-bond acceptors (Lipinski definition) is 2. The van der Waals surface area contributed by atoms with Crippen molar-refractivity contribution in [2.75, 3.05) is 7.11 Å². The SMILES string of the molecule is BC(Cl)C(Cl)C(=O)OC. The Kier molecular flexibility index (Phi) is 4.07. The first kappa shape index (κ1) is 9.11. The van der Waals surface area contributed by atoms with Gasteiger partial charge in [-0.3, -0.25) is 4.79 Å². The maximum Gasteiger partial charge on any atom is 0.324 e. The molecule has 2 atom stereocenters. The van der Waals surface area contributed by atoms with E-state index in [9.17, 15) is 4.79 Å². The van der Waals surface area contributed by atoms with Crippen molar-refractivity contribution in [3.8, 4) is 0 Å². The average Bonchev–Trinajstić information content (AvgIpc) is 1.84. The van der Waals surface area contributed by atoms with Gasteiger partial charge in [0.25, 0.3) is 0 Å². The Morgan fingerprint density at radius 2 is 2.11 bits per heavy atom. The zero-order valence-corrected chi connectivity index (χ0v) is 6.74. The van der Waals surface area contributed by atoms with Gasteiger partial charge in [-0.15, -0.1) is 23.2 Å². The molecule has 0 aliphatic heterocycles. The molecule has 0 aromatic carbocycles. The van der Waals surface area contributed by atoms with Crippen LogP contribution in [-0.4, -0.2) is 31.6 Å². The van der Waals surface area contributed by atoms with E-state index >= 15 is 0 Å². The maximum absolute atomic E-state index is 10.5. The minimum absolute atomic E-state index is 0.390. The molecule has 0 aromatic heterocycles. The van der Waals surface area contributed by atoms with Crippen molar-refractivity contribution in [2.24, 2.45) is 0 Å². The summed E-state index contributed by atoms with van der Waals surface area (Å²) in [5, 5.41) is -1.13. The van der Waals surface area contributed by atoms with E-state index in [0.717, 1.165) is 0 Å². The molecule has 0 spiro atoms. The normalized spacial score (nSPS) is 16.3. The summed E-state index contributed by atoms with van der Waals surface area (Å²) in [6.45, 7) is 0. The summed E-state index contributed by atoms with van der Waals surface area (Å²) < 4.78 is 4.32. The van der Waals surface area contributed by atoms with E-state index in [2.05, 4.69) is 4.74 Å². The summed E-state index contributed by atoms with van der Waals surface area (Å²) in [6, 6.07) is 0. The topological polar surface area (TPSA) is 26.3 Å². The molecule has 0 saturated heterocycles. The fourth-order valence-corrected chi connectivity index (χ4v) is 0.492. The summed E-state index contributed by atoms with van der Waals surface area (Å²) in [4.78, 5) is 10.5. The van der Waals surface area contributed by atoms with Crippen molar-refractivity contribution >= 4 is 37.0 Å². The first-order valence-electron chi connectivity index (χ1n) is 2.45. The van der Waals surface area contributed by atoms with Crippen molar-refractivity contribution in [3.63, 3.8) is 0 Å². The van der Waals surface area contributed by atoms with Crippen LogP contribution in [0.15, 0.2) is 0 Å². The van der Waals surface area contributed by atoms with Crippen molar-refractivity contribution < 1.29 is 9.53 Å². The highest BCUT2D eigenvalue weighted by Crippen LogP contribution is 2.07. The van der Waals surface area contributed by atoms with Gasteiger partial charge < -0.3 is 4.74 Å². The van der Waals surface area contributed by atoms with Crippen molar-refractivity contribution in [3.05, 3.63) is 0 Å². The van der Waals surface area contributed by atoms with Crippen LogP contribution in [0, 0.1) is 0 Å². The zero-order valence-electron chi connectivity index (χ0n) is 5.23. The standard InChI is InChI=1S/C4H7BCl2O2/c1-9-4(8)2(6)3(5)7/h2-3H,5H2,1H3. The van der Waals surface area contributed by atoms with E-state index in [0.29, 0.717) is 0 Å². The van der Waals surface area contributed by atoms with Gasteiger partial charge in [-0.05, 0) is 0 Å². The van der Waals surface area contributed by atoms with Crippen molar-refractivity contribution in [1.82, 2.24) is 0 Å². The van der Waals surface area contributed by atoms with Gasteiger partial charge in [-0.2, -0.15) is 0 Å². The number of rotatable bonds is 2. The van der Waals surface area contributed by atoms with E-state index in [4.69, 9.17) is 23.2 Å². The molecule has 0 radical (unpaired) electrons. The summed E-state index contributed by atoms with van der Waals surface area (Å²) in [5.74, 6) is -0.487. The van der Waals surface area contributed by atoms with Gasteiger partial charge in [0.15, 0.2) is 0 Å². The third-order valence-electron chi connectivity index (χ3n) is 0.830. The Morgan fingerprint density at radius 3 is 2.22 bits per heavy atom. The summed E-state index contributed by atoms with van der Waals surface area (Å²) >= 11 is 10.9. The van der Waals surface area contributed by atoms with Crippen LogP contribution in [0.4, 0.5) is 0 Å². The fourth-order valence-electron chi connectivity index (χ4n) is 0.300. The molecule has 0 amide bonds. The van der Waals surface area contributed by atoms with E-state index in [1.165, 1.54) is 7.11 Å². The van der Waals surface area contributed by atoms with Crippen molar-refractivity contribution in [1.29, 1.82) is 0 Å². The van der Waals surface area contributed by atoms with E-state index in [1.54, 1.807) is 7.85 Å². The second kappa shape index (κ2) is 4.02. The van der Waals surface area contributed by atoms with E-state index < -0.39 is 11.3 Å². The minimum atomic E-state index is -0.739. The Morgan fingerprint density at radius 1 is 1.67 bits per heavy atom. The van der Waals surface area contributed by atoms with Gasteiger partial charge in [0.2, 0.25) is 0 Å². The third kappa shape index (κ3) is 2.97. The lowest BCUT2D eigenvalue weighted by Crippen LogP contribution is -2.26. The second-order valence-corrected chi connectivity index (χ2v) is 2.76. The molecule has 0 aromatic rings. The smallest absolute Gasteiger partial charge is 0.324 e. The Balaban J connectivity index is 3.72. The summed E-state index contributed by atoms with van der Waals surface area (Å²) in [5.41, 5.74) is 0. The van der Waals surface area contributed by atoms with Gasteiger partial charge in [0.1, 0.15) is 13.2 Å². The predicted molar refractivity (Wildman–Crippen MR) is 39.8 cm³/mol. The molecule has 0 aliphatic carbocycles. The average molecular weight is 169 g/mol. The number of hydrogen-bond donors (Lipinski definition) is 0. The largest absolute Gasteiger partial charge is 0.468 e. The first-order valence-corrected chi connectivity index (χ1v) is 3.33. The lowest BCUT2D eigenvalue weighted by molar-refractivity contribution is -0.139. The fraction of sp³-hybridized carbons (Fsp3) is 0.750. The van der Waals surface area contributed by atoms with E-state index in [-0.39, 0.29) is 5.28 Å². The highest BCUT2D eigenvalue weighted by molar-refractivity contribution is 6.48. The number of carbonyl (C=O) groups is 1. The lowest BCUT2D eigenvalue weighted by Gasteiger charge is -2.07. The first-order chi connectivity index (χ1) is 4.09. The molecule has 0 fully saturated rings. The number of halogens is 2. The molecule has 2 nitrogen and oxygen atoms in total. The van der Waals surface area contributed by atoms with Crippen LogP contribution in [0.1, 0.15) is 0 Å². The Labute approximate surface area is 64.9 Å². The molecule has 0 bridgehead atoms. The Hall–Kier alpha value is 0.115. The molecule has 0 heterocycles. The summed E-state index contributed by atoms with van der Waals surface area (Å²) in [7, 11) is 2.91. The number of carbonyl (C=O) groups excluding carboxylic acids is 1. The quantitative estimate of drug-likeness (QED) is 0.329. The predicted octanol–water partition coefficient (Wildman–Crippen LogP) is -0.0352. The number of methoxy groups -OCH3 is 1. The van der Waals surface area contributed by atoms with Crippen LogP contribution >= 0.6 is 23.2 Å². The molecule has 0 aliphatic rings. The molecule has 0 N–H and O–H groups in total. The van der Waals surface area contributed by atoms with Crippen molar-refractivity contribution in [2.45, 2.75) is 10.7 Å². The number of esters is 1. The monoisotopic (exact) mass is 168 g/mol. The van der Waals surface area contributed by atoms with Gasteiger partial charge in [0, 0.05) is 5.28 Å². The number of alkyl halides is 2. The number of ether oxygens (including phenoxy) is 1. The maximum atomic E-state index is 10.5. The van der Waals surface area contributed by atoms with Crippen LogP contribution in [0.3, 0.4) is 0 Å². The molecule has 5 heteroatoms. The van der Waals surface area contributed by atoms with Crippen LogP contribution in [-0.2, 0) is 9.53 Å². The second-order valence-electron chi connectivity index (χ2n) is 1.60. The van der Waals surface area contributed by atoms with Crippen LogP contribution in [0.5, 0.6) is 0 Å². The van der Waals surface area contributed by atoms with Crippen LogP contribution in [0.2, 0.25) is 0 Å². The van der Waals surface area contributed by atoms with Gasteiger partial charge >= 0.3 is 5.97 Å². The molecular weight excluding hydrogens is 162 g/mol. The lowest BCUT2D eigenvalue weighted by atomic mass is 10.0. The van der Waals surface area contributed by atoms with E-state index in [1.807, 2.05) is 0 Å². The molecule has 52 valence electrons. The zero-order chi connectivity index (χ0) is 7.44. The molecule has 0 rings (SSSR count). The molecule has 9 heavy (non-hydrogen) atoms. The molecule has 0 saturated carbocycles. The third-order valence-corrected chi connectivity index (χ3v) is 1.77. The Bertz CT molecular complexity index is 107. The highest BCUT2D eigenvalue weighted by atomic mass is 35.5. The summed E-state index contributed by atoms with van der Waals surface area (Å²) in [6.07, 6.45) is 0. The van der Waals surface area contributed by atoms with Gasteiger partial charge in [-0.1, -0.05) is 0 Å². The van der Waals surface area contributed by atoms with Gasteiger partial charge in [-0.25, -0.2) is 0 Å². The molecular formula is C4H7BCl2O2. The van der Waals surface area contributed by atoms with Gasteiger partial charge in [0.05, 0.1) is 7.11 Å². The van der Waals surface area contributed by atoms with Crippen LogP contribution < -0.4 is 0 Å². The van der Waals surface area contributed by atoms with Crippen LogP contribution in [0.25, 0.3) is 0 Å². The highest BCUT2D eigenvalue weighted by Gasteiger charge is 2.20.